The molecule has 0 aliphatic rings. The second-order valence-corrected chi connectivity index (χ2v) is 7.22. The van der Waals surface area contributed by atoms with E-state index < -0.39 is 6.04 Å². The van der Waals surface area contributed by atoms with E-state index in [0.29, 0.717) is 50.6 Å². The van der Waals surface area contributed by atoms with Crippen molar-refractivity contribution in [3.05, 3.63) is 59.7 Å². The molecular formula is C25H34N2O4. The Labute approximate surface area is 185 Å². The topological polar surface area (TPSA) is 67.9 Å². The summed E-state index contributed by atoms with van der Waals surface area (Å²) in [6.45, 7) is 9.52. The number of benzene rings is 2. The third kappa shape index (κ3) is 7.31. The molecule has 1 N–H and O–H groups in total. The fourth-order valence-corrected chi connectivity index (χ4v) is 3.33. The predicted octanol–water partition coefficient (Wildman–Crippen LogP) is 3.97. The summed E-state index contributed by atoms with van der Waals surface area (Å²) in [4.78, 5) is 27.2. The van der Waals surface area contributed by atoms with Crippen molar-refractivity contribution in [1.29, 1.82) is 0 Å². The average Bonchev–Trinajstić information content (AvgIpc) is 2.78. The smallest absolute Gasteiger partial charge is 0.242 e. The first kappa shape index (κ1) is 24.3. The van der Waals surface area contributed by atoms with E-state index in [2.05, 4.69) is 5.32 Å². The van der Waals surface area contributed by atoms with Crippen LogP contribution in [0.15, 0.2) is 48.5 Å². The fourth-order valence-electron chi connectivity index (χ4n) is 3.33. The van der Waals surface area contributed by atoms with Gasteiger partial charge in [0.25, 0.3) is 0 Å². The van der Waals surface area contributed by atoms with Crippen molar-refractivity contribution in [3.8, 4) is 11.5 Å². The Morgan fingerprint density at radius 1 is 0.935 bits per heavy atom. The lowest BCUT2D eigenvalue weighted by atomic mass is 10.1. The van der Waals surface area contributed by atoms with Crippen LogP contribution in [0.25, 0.3) is 0 Å². The zero-order chi connectivity index (χ0) is 22.6. The summed E-state index contributed by atoms with van der Waals surface area (Å²) in [5, 5.41) is 2.82. The van der Waals surface area contributed by atoms with Gasteiger partial charge >= 0.3 is 0 Å². The van der Waals surface area contributed by atoms with E-state index in [1.807, 2.05) is 69.3 Å². The summed E-state index contributed by atoms with van der Waals surface area (Å²) in [6.07, 6.45) is 0.856. The number of ether oxygens (including phenoxy) is 2. The average molecular weight is 427 g/mol. The first-order valence-electron chi connectivity index (χ1n) is 11.0. The lowest BCUT2D eigenvalue weighted by Gasteiger charge is -2.29. The van der Waals surface area contributed by atoms with Gasteiger partial charge in [-0.3, -0.25) is 9.59 Å². The number of carbonyl (C=O) groups excluding carboxylic acids is 2. The lowest BCUT2D eigenvalue weighted by molar-refractivity contribution is -0.140. The van der Waals surface area contributed by atoms with E-state index in [9.17, 15) is 9.59 Å². The zero-order valence-corrected chi connectivity index (χ0v) is 19.0. The van der Waals surface area contributed by atoms with Gasteiger partial charge in [0, 0.05) is 19.5 Å². The first-order valence-corrected chi connectivity index (χ1v) is 11.0. The van der Waals surface area contributed by atoms with Gasteiger partial charge < -0.3 is 19.7 Å². The van der Waals surface area contributed by atoms with E-state index in [1.165, 1.54) is 0 Å². The van der Waals surface area contributed by atoms with Gasteiger partial charge in [-0.25, -0.2) is 0 Å². The fraction of sp³-hybridized carbons (Fsp3) is 0.440. The molecule has 0 saturated carbocycles. The molecule has 0 aliphatic heterocycles. The largest absolute Gasteiger partial charge is 0.490 e. The zero-order valence-electron chi connectivity index (χ0n) is 19.0. The van der Waals surface area contributed by atoms with Crippen LogP contribution < -0.4 is 14.8 Å². The van der Waals surface area contributed by atoms with Crippen molar-refractivity contribution in [2.24, 2.45) is 0 Å². The van der Waals surface area contributed by atoms with Crippen LogP contribution in [0.5, 0.6) is 11.5 Å². The molecule has 0 bridgehead atoms. The van der Waals surface area contributed by atoms with Crippen LogP contribution in [0.3, 0.4) is 0 Å². The van der Waals surface area contributed by atoms with Gasteiger partial charge in [-0.05, 0) is 57.4 Å². The van der Waals surface area contributed by atoms with E-state index in [1.54, 1.807) is 11.8 Å². The van der Waals surface area contributed by atoms with Crippen LogP contribution >= 0.6 is 0 Å². The second kappa shape index (κ2) is 12.6. The van der Waals surface area contributed by atoms with Crippen molar-refractivity contribution < 1.29 is 19.1 Å². The Morgan fingerprint density at radius 3 is 2.26 bits per heavy atom. The molecule has 0 aromatic heterocycles. The standard InChI is InChI=1S/C25H34N2O4/c1-5-26-25(29)19(4)27(18-21-11-9-8-10-12-21)24(28)16-14-20-13-15-22(30-6-2)23(17-20)31-7-3/h8-13,15,17,19H,5-7,14,16,18H2,1-4H3,(H,26,29)/t19-/m1/s1. The quantitative estimate of drug-likeness (QED) is 0.558. The maximum Gasteiger partial charge on any atom is 0.242 e. The third-order valence-corrected chi connectivity index (χ3v) is 4.95. The number of hydrogen-bond donors (Lipinski definition) is 1. The van der Waals surface area contributed by atoms with E-state index in [-0.39, 0.29) is 11.8 Å². The van der Waals surface area contributed by atoms with Crippen LogP contribution in [0, 0.1) is 0 Å². The number of amides is 2. The van der Waals surface area contributed by atoms with Gasteiger partial charge in [-0.1, -0.05) is 36.4 Å². The lowest BCUT2D eigenvalue weighted by Crippen LogP contribution is -2.47. The van der Waals surface area contributed by atoms with Crippen molar-refractivity contribution >= 4 is 11.8 Å². The number of hydrogen-bond acceptors (Lipinski definition) is 4. The van der Waals surface area contributed by atoms with Gasteiger partial charge in [0.2, 0.25) is 11.8 Å². The molecule has 6 heteroatoms. The normalized spacial score (nSPS) is 11.5. The number of nitrogens with zero attached hydrogens (tertiary/aromatic N) is 1. The summed E-state index contributed by atoms with van der Waals surface area (Å²) in [5.74, 6) is 1.18. The monoisotopic (exact) mass is 426 g/mol. The van der Waals surface area contributed by atoms with Crippen LogP contribution in [-0.2, 0) is 22.6 Å². The maximum absolute atomic E-state index is 13.1. The molecule has 168 valence electrons. The summed E-state index contributed by atoms with van der Waals surface area (Å²) in [6, 6.07) is 14.9. The third-order valence-electron chi connectivity index (χ3n) is 4.95. The van der Waals surface area contributed by atoms with Gasteiger partial charge in [-0.15, -0.1) is 0 Å². The highest BCUT2D eigenvalue weighted by Crippen LogP contribution is 2.29. The summed E-state index contributed by atoms with van der Waals surface area (Å²) >= 11 is 0. The van der Waals surface area contributed by atoms with E-state index in [4.69, 9.17) is 9.47 Å². The highest BCUT2D eigenvalue weighted by molar-refractivity contribution is 5.87. The van der Waals surface area contributed by atoms with E-state index >= 15 is 0 Å². The first-order chi connectivity index (χ1) is 15.0. The Hall–Kier alpha value is -3.02. The summed E-state index contributed by atoms with van der Waals surface area (Å²) < 4.78 is 11.3. The Balaban J connectivity index is 2.13. The van der Waals surface area contributed by atoms with E-state index in [0.717, 1.165) is 11.1 Å². The number of aryl methyl sites for hydroxylation is 1. The van der Waals surface area contributed by atoms with Crippen molar-refractivity contribution in [2.45, 2.75) is 53.1 Å². The van der Waals surface area contributed by atoms with Crippen molar-refractivity contribution in [1.82, 2.24) is 10.2 Å². The molecule has 0 fully saturated rings. The maximum atomic E-state index is 13.1. The minimum Gasteiger partial charge on any atom is -0.490 e. The number of nitrogens with one attached hydrogen (secondary N) is 1. The van der Waals surface area contributed by atoms with Crippen LogP contribution in [0.4, 0.5) is 0 Å². The Kier molecular flexibility index (Phi) is 9.88. The van der Waals surface area contributed by atoms with Crippen LogP contribution in [0.1, 0.15) is 45.2 Å². The number of rotatable bonds is 12. The molecule has 2 rings (SSSR count). The van der Waals surface area contributed by atoms with Crippen molar-refractivity contribution in [3.63, 3.8) is 0 Å². The molecule has 2 amide bonds. The molecular weight excluding hydrogens is 392 g/mol. The molecule has 6 nitrogen and oxygen atoms in total. The Morgan fingerprint density at radius 2 is 1.61 bits per heavy atom. The molecule has 0 aliphatic carbocycles. The molecule has 1 atom stereocenters. The number of likely N-dealkylation sites (N-methyl/N-ethyl adjacent to an activating group) is 1. The van der Waals surface area contributed by atoms with Gasteiger partial charge in [0.05, 0.1) is 13.2 Å². The molecule has 2 aromatic rings. The SMILES string of the molecule is CCNC(=O)[C@@H](C)N(Cc1ccccc1)C(=O)CCc1ccc(OCC)c(OCC)c1. The summed E-state index contributed by atoms with van der Waals surface area (Å²) in [7, 11) is 0. The molecule has 31 heavy (non-hydrogen) atoms. The predicted molar refractivity (Wildman–Crippen MR) is 122 cm³/mol. The van der Waals surface area contributed by atoms with Crippen molar-refractivity contribution in [2.75, 3.05) is 19.8 Å². The molecule has 0 saturated heterocycles. The summed E-state index contributed by atoms with van der Waals surface area (Å²) in [5.41, 5.74) is 1.98. The highest BCUT2D eigenvalue weighted by Gasteiger charge is 2.25. The molecule has 0 unspecified atom stereocenters. The molecule has 0 radical (unpaired) electrons. The van der Waals surface area contributed by atoms with Gasteiger partial charge in [0.15, 0.2) is 11.5 Å². The minimum atomic E-state index is -0.549. The van der Waals surface area contributed by atoms with Crippen LogP contribution in [0.2, 0.25) is 0 Å². The molecule has 2 aromatic carbocycles. The van der Waals surface area contributed by atoms with Gasteiger partial charge in [0.1, 0.15) is 6.04 Å². The Bertz CT molecular complexity index is 839. The minimum absolute atomic E-state index is 0.0607. The molecule has 0 heterocycles. The van der Waals surface area contributed by atoms with Gasteiger partial charge in [-0.2, -0.15) is 0 Å². The highest BCUT2D eigenvalue weighted by atomic mass is 16.5. The molecule has 0 spiro atoms. The number of carbonyl (C=O) groups is 2. The van der Waals surface area contributed by atoms with Crippen LogP contribution in [-0.4, -0.2) is 42.5 Å². The second-order valence-electron chi connectivity index (χ2n) is 7.22.